The van der Waals surface area contributed by atoms with E-state index in [9.17, 15) is 9.59 Å². The van der Waals surface area contributed by atoms with E-state index in [2.05, 4.69) is 27.5 Å². The molecule has 1 aromatic carbocycles. The Hall–Kier alpha value is -1.77. The van der Waals surface area contributed by atoms with E-state index in [1.807, 2.05) is 24.5 Å². The maximum Gasteiger partial charge on any atom is 0.272 e. The van der Waals surface area contributed by atoms with Gasteiger partial charge in [0.2, 0.25) is 5.91 Å². The molecule has 0 aliphatic carbocycles. The molecule has 1 aromatic heterocycles. The Kier molecular flexibility index (Phi) is 9.60. The van der Waals surface area contributed by atoms with Gasteiger partial charge >= 0.3 is 0 Å². The maximum atomic E-state index is 12.7. The number of nitrogens with zero attached hydrogens (tertiary/aromatic N) is 2. The lowest BCUT2D eigenvalue weighted by molar-refractivity contribution is -0.118. The molecule has 0 fully saturated rings. The number of carbonyl (C=O) groups is 2. The second kappa shape index (κ2) is 11.9. The summed E-state index contributed by atoms with van der Waals surface area (Å²) in [6.45, 7) is 2.05. The van der Waals surface area contributed by atoms with Crippen LogP contribution in [0.5, 0.6) is 0 Å². The van der Waals surface area contributed by atoms with Crippen molar-refractivity contribution >= 4 is 52.6 Å². The number of hydrogen-bond acceptors (Lipinski definition) is 6. The third kappa shape index (κ3) is 7.00. The molecular weight excluding hydrogens is 416 g/mol. The van der Waals surface area contributed by atoms with Gasteiger partial charge < -0.3 is 10.6 Å². The molecule has 0 saturated carbocycles. The summed E-state index contributed by atoms with van der Waals surface area (Å²) in [5.41, 5.74) is 0.756. The molecule has 2 amide bonds. The van der Waals surface area contributed by atoms with Crippen molar-refractivity contribution in [2.45, 2.75) is 31.0 Å². The van der Waals surface area contributed by atoms with E-state index in [4.69, 9.17) is 11.6 Å². The van der Waals surface area contributed by atoms with E-state index in [1.54, 1.807) is 23.9 Å². The van der Waals surface area contributed by atoms with E-state index in [0.717, 1.165) is 17.9 Å². The van der Waals surface area contributed by atoms with Crippen molar-refractivity contribution in [2.24, 2.45) is 0 Å². The Morgan fingerprint density at radius 1 is 1.21 bits per heavy atom. The molecule has 0 aliphatic rings. The molecule has 1 heterocycles. The van der Waals surface area contributed by atoms with Crippen LogP contribution in [-0.4, -0.2) is 45.6 Å². The smallest absolute Gasteiger partial charge is 0.272 e. The molecule has 0 spiro atoms. The van der Waals surface area contributed by atoms with E-state index in [1.165, 1.54) is 18.0 Å². The highest BCUT2D eigenvalue weighted by molar-refractivity contribution is 7.99. The number of anilines is 1. The summed E-state index contributed by atoms with van der Waals surface area (Å²) in [5, 5.41) is 6.24. The van der Waals surface area contributed by atoms with Crippen molar-refractivity contribution in [3.05, 3.63) is 47.2 Å². The number of benzene rings is 1. The minimum absolute atomic E-state index is 0.0805. The zero-order chi connectivity index (χ0) is 20.4. The average Bonchev–Trinajstić information content (AvgIpc) is 2.71. The molecule has 1 unspecified atom stereocenters. The maximum absolute atomic E-state index is 12.7. The van der Waals surface area contributed by atoms with Gasteiger partial charge in [-0.3, -0.25) is 9.59 Å². The first-order valence-electron chi connectivity index (χ1n) is 8.86. The van der Waals surface area contributed by atoms with Crippen molar-refractivity contribution in [1.82, 2.24) is 15.3 Å². The molecule has 9 heteroatoms. The summed E-state index contributed by atoms with van der Waals surface area (Å²) < 4.78 is 0. The van der Waals surface area contributed by atoms with Gasteiger partial charge in [-0.2, -0.15) is 11.8 Å². The first-order chi connectivity index (χ1) is 13.5. The summed E-state index contributed by atoms with van der Waals surface area (Å²) in [5.74, 6) is 0.806. The molecule has 2 N–H and O–H groups in total. The van der Waals surface area contributed by atoms with Gasteiger partial charge in [0.25, 0.3) is 5.91 Å². The average molecular weight is 439 g/mol. The zero-order valence-electron chi connectivity index (χ0n) is 15.8. The Labute approximate surface area is 178 Å². The number of nitrogens with one attached hydrogen (secondary N) is 2. The molecule has 2 aromatic rings. The number of thioether (sulfide) groups is 2. The van der Waals surface area contributed by atoms with E-state index >= 15 is 0 Å². The molecule has 1 atom stereocenters. The fourth-order valence-electron chi connectivity index (χ4n) is 2.26. The molecule has 150 valence electrons. The number of aromatic nitrogens is 2. The van der Waals surface area contributed by atoms with Crippen molar-refractivity contribution in [3.8, 4) is 0 Å². The molecule has 0 radical (unpaired) electrons. The van der Waals surface area contributed by atoms with Crippen LogP contribution in [0.4, 0.5) is 5.69 Å². The van der Waals surface area contributed by atoms with Gasteiger partial charge in [0, 0.05) is 11.4 Å². The van der Waals surface area contributed by atoms with Crippen LogP contribution in [0, 0.1) is 0 Å². The van der Waals surface area contributed by atoms with Crippen LogP contribution in [0.2, 0.25) is 5.02 Å². The van der Waals surface area contributed by atoms with E-state index in [0.29, 0.717) is 17.3 Å². The van der Waals surface area contributed by atoms with Gasteiger partial charge in [0.15, 0.2) is 10.9 Å². The van der Waals surface area contributed by atoms with Crippen molar-refractivity contribution in [2.75, 3.05) is 23.1 Å². The number of halogens is 1. The quantitative estimate of drug-likeness (QED) is 0.428. The van der Waals surface area contributed by atoms with Crippen LogP contribution in [0.1, 0.15) is 30.3 Å². The Bertz CT molecular complexity index is 793. The second-order valence-electron chi connectivity index (χ2n) is 5.86. The summed E-state index contributed by atoms with van der Waals surface area (Å²) >= 11 is 9.19. The number of carbonyl (C=O) groups excluding carboxylic acids is 2. The topological polar surface area (TPSA) is 84.0 Å². The first-order valence-corrected chi connectivity index (χ1v) is 11.6. The van der Waals surface area contributed by atoms with Gasteiger partial charge in [-0.05, 0) is 37.0 Å². The van der Waals surface area contributed by atoms with Crippen molar-refractivity contribution in [3.63, 3.8) is 0 Å². The molecule has 6 nitrogen and oxygen atoms in total. The molecule has 28 heavy (non-hydrogen) atoms. The Morgan fingerprint density at radius 3 is 2.64 bits per heavy atom. The highest BCUT2D eigenvalue weighted by atomic mass is 35.5. The fourth-order valence-corrected chi connectivity index (χ4v) is 3.57. The van der Waals surface area contributed by atoms with Gasteiger partial charge in [0.05, 0.1) is 11.2 Å². The number of rotatable bonds is 10. The molecule has 0 bridgehead atoms. The predicted octanol–water partition coefficient (Wildman–Crippen LogP) is 4.12. The van der Waals surface area contributed by atoms with Crippen LogP contribution >= 0.6 is 35.1 Å². The summed E-state index contributed by atoms with van der Waals surface area (Å²) in [4.78, 5) is 33.8. The van der Waals surface area contributed by atoms with Gasteiger partial charge in [-0.25, -0.2) is 9.97 Å². The predicted molar refractivity (Wildman–Crippen MR) is 117 cm³/mol. The van der Waals surface area contributed by atoms with Crippen LogP contribution in [0.15, 0.2) is 41.7 Å². The van der Waals surface area contributed by atoms with Crippen LogP contribution < -0.4 is 10.6 Å². The molecular formula is C19H23ClN4O2S2. The summed E-state index contributed by atoms with van der Waals surface area (Å²) in [7, 11) is 0. The monoisotopic (exact) mass is 438 g/mol. The standard InChI is InChI=1S/C19H23ClN4O2S2/c1-3-10-28-19-21-12-14(20)16(24-19)18(26)23-15(9-11-27-2)17(25)22-13-7-5-4-6-8-13/h4-8,12,15H,3,9-11H2,1-2H3,(H,22,25)(H,23,26). The molecule has 0 saturated heterocycles. The fraction of sp³-hybridized carbons (Fsp3) is 0.368. The Morgan fingerprint density at radius 2 is 1.96 bits per heavy atom. The third-order valence-electron chi connectivity index (χ3n) is 3.65. The Balaban J connectivity index is 2.12. The van der Waals surface area contributed by atoms with Crippen molar-refractivity contribution < 1.29 is 9.59 Å². The van der Waals surface area contributed by atoms with Crippen LogP contribution in [0.25, 0.3) is 0 Å². The highest BCUT2D eigenvalue weighted by Gasteiger charge is 2.23. The van der Waals surface area contributed by atoms with Gasteiger partial charge in [-0.1, -0.05) is 48.5 Å². The molecule has 0 aliphatic heterocycles. The SMILES string of the molecule is CCCSc1ncc(Cl)c(C(=O)NC(CCSC)C(=O)Nc2ccccc2)n1. The third-order valence-corrected chi connectivity index (χ3v) is 5.63. The normalized spacial score (nSPS) is 11.7. The minimum Gasteiger partial charge on any atom is -0.339 e. The van der Waals surface area contributed by atoms with Crippen LogP contribution in [-0.2, 0) is 4.79 Å². The minimum atomic E-state index is -0.696. The largest absolute Gasteiger partial charge is 0.339 e. The number of amides is 2. The summed E-state index contributed by atoms with van der Waals surface area (Å²) in [6, 6.07) is 8.43. The number of hydrogen-bond donors (Lipinski definition) is 2. The first kappa shape index (κ1) is 22.5. The molecule has 2 rings (SSSR count). The lowest BCUT2D eigenvalue weighted by atomic mass is 10.2. The van der Waals surface area contributed by atoms with E-state index < -0.39 is 11.9 Å². The zero-order valence-corrected chi connectivity index (χ0v) is 18.2. The van der Waals surface area contributed by atoms with Gasteiger partial charge in [-0.15, -0.1) is 0 Å². The van der Waals surface area contributed by atoms with Crippen LogP contribution in [0.3, 0.4) is 0 Å². The van der Waals surface area contributed by atoms with Crippen molar-refractivity contribution in [1.29, 1.82) is 0 Å². The second-order valence-corrected chi connectivity index (χ2v) is 8.32. The van der Waals surface area contributed by atoms with Gasteiger partial charge in [0.1, 0.15) is 6.04 Å². The lowest BCUT2D eigenvalue weighted by Gasteiger charge is -2.18. The summed E-state index contributed by atoms with van der Waals surface area (Å²) in [6.07, 6.45) is 4.83. The lowest BCUT2D eigenvalue weighted by Crippen LogP contribution is -2.44. The van der Waals surface area contributed by atoms with E-state index in [-0.39, 0.29) is 16.6 Å². The number of para-hydroxylation sites is 1. The highest BCUT2D eigenvalue weighted by Crippen LogP contribution is 2.19.